The van der Waals surface area contributed by atoms with Gasteiger partial charge in [0.25, 0.3) is 0 Å². The molecule has 1 aliphatic carbocycles. The summed E-state index contributed by atoms with van der Waals surface area (Å²) in [5.74, 6) is 0. The Morgan fingerprint density at radius 3 is 2.70 bits per heavy atom. The van der Waals surface area contributed by atoms with Crippen LogP contribution in [0.25, 0.3) is 17.3 Å². The molecule has 2 aromatic carbocycles. The first-order valence-corrected chi connectivity index (χ1v) is 7.46. The first kappa shape index (κ1) is 13.6. The Morgan fingerprint density at radius 1 is 1.04 bits per heavy atom. The fraction of sp³-hybridized carbons (Fsp3) is 0.0500. The molecule has 2 aromatic rings. The van der Waals surface area contributed by atoms with Gasteiger partial charge in [0.15, 0.2) is 0 Å². The van der Waals surface area contributed by atoms with Crippen LogP contribution in [0, 0.1) is 0 Å². The molecule has 0 spiro atoms. The third-order valence-corrected chi connectivity index (χ3v) is 4.14. The summed E-state index contributed by atoms with van der Waals surface area (Å²) in [6.07, 6.45) is 7.43. The van der Waals surface area contributed by atoms with Crippen LogP contribution in [0.2, 0.25) is 0 Å². The van der Waals surface area contributed by atoms with Gasteiger partial charge in [-0.1, -0.05) is 54.6 Å². The maximum Gasteiger partial charge on any atom is 0.418 e. The molecule has 3 nitrogen and oxygen atoms in total. The van der Waals surface area contributed by atoms with Crippen LogP contribution >= 0.6 is 0 Å². The van der Waals surface area contributed by atoms with Crippen LogP contribution in [0.15, 0.2) is 66.9 Å². The molecule has 0 saturated heterocycles. The fourth-order valence-corrected chi connectivity index (χ4v) is 3.13. The number of allylic oxidation sites excluding steroid dienone is 2. The highest BCUT2D eigenvalue weighted by Crippen LogP contribution is 2.33. The summed E-state index contributed by atoms with van der Waals surface area (Å²) in [6, 6.07) is 16.3. The normalized spacial score (nSPS) is 14.7. The minimum absolute atomic E-state index is 0.393. The average molecular weight is 301 g/mol. The highest BCUT2D eigenvalue weighted by atomic mass is 16.5. The third-order valence-electron chi connectivity index (χ3n) is 4.14. The highest BCUT2D eigenvalue weighted by molar-refractivity contribution is 6.05. The van der Waals surface area contributed by atoms with E-state index in [9.17, 15) is 4.79 Å². The van der Waals surface area contributed by atoms with E-state index >= 15 is 0 Å². The summed E-state index contributed by atoms with van der Waals surface area (Å²) in [4.78, 5) is 13.8. The van der Waals surface area contributed by atoms with Gasteiger partial charge in [0.05, 0.1) is 12.8 Å². The van der Waals surface area contributed by atoms with Crippen LogP contribution in [0.1, 0.15) is 11.1 Å². The van der Waals surface area contributed by atoms with Gasteiger partial charge in [-0.25, -0.2) is 4.79 Å². The Balaban J connectivity index is 2.14. The van der Waals surface area contributed by atoms with Crippen LogP contribution < -0.4 is 10.4 Å². The molecule has 2 aliphatic rings. The topological polar surface area (TPSA) is 29.5 Å². The number of hydrogen-bond acceptors (Lipinski definition) is 2. The van der Waals surface area contributed by atoms with E-state index in [1.165, 1.54) is 7.11 Å². The minimum atomic E-state index is -0.393. The van der Waals surface area contributed by atoms with Crippen molar-refractivity contribution in [2.24, 2.45) is 0 Å². The van der Waals surface area contributed by atoms with Crippen molar-refractivity contribution in [1.29, 1.82) is 0 Å². The van der Waals surface area contributed by atoms with Crippen molar-refractivity contribution in [3.8, 4) is 0 Å². The zero-order valence-corrected chi connectivity index (χ0v) is 12.7. The average Bonchev–Trinajstić information content (AvgIpc) is 2.75. The van der Waals surface area contributed by atoms with Crippen molar-refractivity contribution in [2.75, 3.05) is 7.11 Å². The van der Waals surface area contributed by atoms with Crippen molar-refractivity contribution in [3.63, 3.8) is 0 Å². The van der Waals surface area contributed by atoms with Gasteiger partial charge >= 0.3 is 6.09 Å². The molecule has 1 aliphatic heterocycles. The predicted molar refractivity (Wildman–Crippen MR) is 90.5 cm³/mol. The van der Waals surface area contributed by atoms with E-state index in [1.807, 2.05) is 42.5 Å². The molecule has 0 radical (unpaired) electrons. The number of carbonyl (C=O) groups is 1. The molecule has 4 rings (SSSR count). The minimum Gasteiger partial charge on any atom is -0.452 e. The van der Waals surface area contributed by atoms with Crippen LogP contribution in [-0.4, -0.2) is 18.1 Å². The van der Waals surface area contributed by atoms with Crippen molar-refractivity contribution < 1.29 is 9.53 Å². The van der Waals surface area contributed by atoms with Gasteiger partial charge < -0.3 is 4.74 Å². The lowest BCUT2D eigenvalue weighted by Crippen LogP contribution is -2.35. The van der Waals surface area contributed by atoms with Crippen LogP contribution in [0.3, 0.4) is 0 Å². The number of amides is 1. The molecule has 0 unspecified atom stereocenters. The molecule has 0 atom stereocenters. The third kappa shape index (κ3) is 2.09. The molecule has 0 N–H and O–H groups in total. The second-order valence-corrected chi connectivity index (χ2v) is 5.43. The van der Waals surface area contributed by atoms with E-state index in [0.717, 1.165) is 32.8 Å². The van der Waals surface area contributed by atoms with Gasteiger partial charge in [0.1, 0.15) is 0 Å². The lowest BCUT2D eigenvalue weighted by molar-refractivity contribution is 0.154. The van der Waals surface area contributed by atoms with E-state index in [-0.39, 0.29) is 0 Å². The van der Waals surface area contributed by atoms with Crippen LogP contribution in [0.5, 0.6) is 0 Å². The van der Waals surface area contributed by atoms with Gasteiger partial charge in [-0.15, -0.1) is 0 Å². The zero-order valence-electron chi connectivity index (χ0n) is 12.7. The van der Waals surface area contributed by atoms with Gasteiger partial charge in [0, 0.05) is 17.0 Å². The summed E-state index contributed by atoms with van der Waals surface area (Å²) in [5.41, 5.74) is 4.13. The highest BCUT2D eigenvalue weighted by Gasteiger charge is 2.25. The molecule has 0 bridgehead atoms. The summed E-state index contributed by atoms with van der Waals surface area (Å²) in [7, 11) is 1.40. The summed E-state index contributed by atoms with van der Waals surface area (Å²) >= 11 is 0. The Hall–Kier alpha value is -3.07. The smallest absolute Gasteiger partial charge is 0.418 e. The number of nitrogens with zero attached hydrogens (tertiary/aromatic N) is 1. The molecule has 0 fully saturated rings. The van der Waals surface area contributed by atoms with E-state index in [2.05, 4.69) is 24.3 Å². The predicted octanol–water partition coefficient (Wildman–Crippen LogP) is 2.62. The Labute approximate surface area is 134 Å². The van der Waals surface area contributed by atoms with E-state index in [4.69, 9.17) is 4.74 Å². The number of fused-ring (bicyclic) bond motifs is 4. The maximum absolute atomic E-state index is 12.2. The molecular formula is C20H15NO2. The SMILES string of the molecule is COC(=O)N1C=CC=C2C1=c1ccccc1=Cc1ccccc12. The first-order valence-electron chi connectivity index (χ1n) is 7.46. The number of carbonyl (C=O) groups excluding carboxylic acids is 1. The van der Waals surface area contributed by atoms with Crippen molar-refractivity contribution in [3.05, 3.63) is 88.4 Å². The Morgan fingerprint density at radius 2 is 1.83 bits per heavy atom. The van der Waals surface area contributed by atoms with Gasteiger partial charge in [-0.05, 0) is 28.5 Å². The number of rotatable bonds is 0. The second kappa shape index (κ2) is 5.29. The van der Waals surface area contributed by atoms with Gasteiger partial charge in [-0.3, -0.25) is 4.90 Å². The quantitative estimate of drug-likeness (QED) is 0.748. The van der Waals surface area contributed by atoms with E-state index in [1.54, 1.807) is 11.1 Å². The van der Waals surface area contributed by atoms with Crippen LogP contribution in [0.4, 0.5) is 4.79 Å². The lowest BCUT2D eigenvalue weighted by Gasteiger charge is -2.25. The second-order valence-electron chi connectivity index (χ2n) is 5.43. The first-order chi connectivity index (χ1) is 11.3. The number of methoxy groups -OCH3 is 1. The molecule has 1 heterocycles. The molecule has 0 saturated carbocycles. The fourth-order valence-electron chi connectivity index (χ4n) is 3.13. The summed E-state index contributed by atoms with van der Waals surface area (Å²) in [6.45, 7) is 0. The molecule has 1 amide bonds. The number of hydrogen-bond donors (Lipinski definition) is 0. The molecule has 23 heavy (non-hydrogen) atoms. The molecule has 3 heteroatoms. The van der Waals surface area contributed by atoms with Crippen LogP contribution in [-0.2, 0) is 4.74 Å². The maximum atomic E-state index is 12.2. The largest absolute Gasteiger partial charge is 0.452 e. The summed E-state index contributed by atoms with van der Waals surface area (Å²) in [5, 5.41) is 2.10. The molecule has 112 valence electrons. The monoisotopic (exact) mass is 301 g/mol. The van der Waals surface area contributed by atoms with Crippen molar-refractivity contribution in [2.45, 2.75) is 0 Å². The van der Waals surface area contributed by atoms with Gasteiger partial charge in [-0.2, -0.15) is 0 Å². The lowest BCUT2D eigenvalue weighted by atomic mass is 9.96. The summed E-state index contributed by atoms with van der Waals surface area (Å²) < 4.78 is 4.96. The van der Waals surface area contributed by atoms with Crippen molar-refractivity contribution >= 4 is 23.4 Å². The number of ether oxygens (including phenoxy) is 1. The van der Waals surface area contributed by atoms with Gasteiger partial charge in [0.2, 0.25) is 0 Å². The number of benzene rings is 2. The van der Waals surface area contributed by atoms with E-state index in [0.29, 0.717) is 0 Å². The Kier molecular flexibility index (Phi) is 3.12. The Bertz CT molecular complexity index is 983. The zero-order chi connectivity index (χ0) is 15.8. The van der Waals surface area contributed by atoms with E-state index < -0.39 is 6.09 Å². The standard InChI is InChI=1S/C20H15NO2/c1-23-20(22)21-12-6-11-18-16-9-4-2-7-14(16)13-15-8-3-5-10-17(15)19(18)21/h2-13H,1H3. The molecule has 0 aromatic heterocycles. The van der Waals surface area contributed by atoms with Crippen molar-refractivity contribution in [1.82, 2.24) is 4.90 Å². The molecular weight excluding hydrogens is 286 g/mol.